The molecule has 4 nitrogen and oxygen atoms in total. The third-order valence-electron chi connectivity index (χ3n) is 3.11. The summed E-state index contributed by atoms with van der Waals surface area (Å²) in [6, 6.07) is 9.52. The van der Waals surface area contributed by atoms with Gasteiger partial charge in [0.25, 0.3) is 0 Å². The smallest absolute Gasteiger partial charge is 0.213 e. The second kappa shape index (κ2) is 5.46. The summed E-state index contributed by atoms with van der Waals surface area (Å²) in [5.74, 6) is 0.643. The molecule has 3 aromatic rings. The number of nitrogen functional groups attached to an aromatic ring is 1. The van der Waals surface area contributed by atoms with Crippen LogP contribution in [0.4, 0.5) is 5.69 Å². The van der Waals surface area contributed by atoms with E-state index in [4.69, 9.17) is 10.5 Å². The van der Waals surface area contributed by atoms with E-state index >= 15 is 0 Å². The minimum Gasteiger partial charge on any atom is -0.477 e. The predicted octanol–water partition coefficient (Wildman–Crippen LogP) is 3.20. The van der Waals surface area contributed by atoms with Gasteiger partial charge in [0.2, 0.25) is 5.88 Å². The van der Waals surface area contributed by atoms with Gasteiger partial charge in [0.1, 0.15) is 0 Å². The highest BCUT2D eigenvalue weighted by atomic mass is 32.1. The van der Waals surface area contributed by atoms with Gasteiger partial charge in [0.15, 0.2) is 0 Å². The molecular weight excluding hydrogens is 270 g/mol. The fourth-order valence-corrected chi connectivity index (χ4v) is 2.78. The summed E-state index contributed by atoms with van der Waals surface area (Å²) in [6.45, 7) is 2.63. The second-order valence-electron chi connectivity index (χ2n) is 4.56. The minimum absolute atomic E-state index is 0.608. The van der Waals surface area contributed by atoms with E-state index in [1.807, 2.05) is 42.8 Å². The van der Waals surface area contributed by atoms with Crippen molar-refractivity contribution in [2.45, 2.75) is 13.3 Å². The molecule has 0 aliphatic heterocycles. The van der Waals surface area contributed by atoms with Crippen LogP contribution in [-0.2, 0) is 6.42 Å². The SMILES string of the molecule is Cc1ncsc1CCOc1ccc2cc(N)ccc2n1. The molecule has 2 N–H and O–H groups in total. The van der Waals surface area contributed by atoms with Gasteiger partial charge in [-0.15, -0.1) is 11.3 Å². The van der Waals surface area contributed by atoms with Crippen molar-refractivity contribution >= 4 is 27.9 Å². The van der Waals surface area contributed by atoms with Gasteiger partial charge < -0.3 is 10.5 Å². The molecule has 1 aromatic carbocycles. The molecule has 20 heavy (non-hydrogen) atoms. The average Bonchev–Trinajstić information content (AvgIpc) is 2.85. The zero-order chi connectivity index (χ0) is 13.9. The number of pyridine rings is 1. The molecule has 5 heteroatoms. The molecule has 0 unspecified atom stereocenters. The molecule has 0 spiro atoms. The van der Waals surface area contributed by atoms with Crippen LogP contribution in [0.3, 0.4) is 0 Å². The van der Waals surface area contributed by atoms with Crippen molar-refractivity contribution in [2.75, 3.05) is 12.3 Å². The van der Waals surface area contributed by atoms with E-state index in [2.05, 4.69) is 9.97 Å². The van der Waals surface area contributed by atoms with E-state index in [9.17, 15) is 0 Å². The van der Waals surface area contributed by atoms with Crippen LogP contribution in [0.25, 0.3) is 10.9 Å². The molecule has 2 aromatic heterocycles. The molecule has 0 amide bonds. The Bertz CT molecular complexity index is 739. The maximum absolute atomic E-state index is 5.75. The fraction of sp³-hybridized carbons (Fsp3) is 0.200. The number of aromatic nitrogens is 2. The predicted molar refractivity (Wildman–Crippen MR) is 82.2 cm³/mol. The third kappa shape index (κ3) is 2.72. The lowest BCUT2D eigenvalue weighted by atomic mass is 10.2. The summed E-state index contributed by atoms with van der Waals surface area (Å²) >= 11 is 1.66. The van der Waals surface area contributed by atoms with Crippen LogP contribution in [-0.4, -0.2) is 16.6 Å². The molecule has 0 saturated heterocycles. The van der Waals surface area contributed by atoms with Gasteiger partial charge in [-0.1, -0.05) is 0 Å². The number of rotatable bonds is 4. The lowest BCUT2D eigenvalue weighted by molar-refractivity contribution is 0.311. The molecule has 0 saturated carbocycles. The first-order chi connectivity index (χ1) is 9.72. The van der Waals surface area contributed by atoms with Crippen molar-refractivity contribution in [1.82, 2.24) is 9.97 Å². The Balaban J connectivity index is 1.68. The number of thiazole rings is 1. The maximum Gasteiger partial charge on any atom is 0.213 e. The zero-order valence-corrected chi connectivity index (χ0v) is 12.0. The van der Waals surface area contributed by atoms with Gasteiger partial charge in [0.05, 0.1) is 23.3 Å². The minimum atomic E-state index is 0.608. The Morgan fingerprint density at radius 1 is 1.25 bits per heavy atom. The number of hydrogen-bond acceptors (Lipinski definition) is 5. The first kappa shape index (κ1) is 12.9. The number of hydrogen-bond donors (Lipinski definition) is 1. The van der Waals surface area contributed by atoms with E-state index in [-0.39, 0.29) is 0 Å². The molecular formula is C15H15N3OS. The van der Waals surface area contributed by atoms with Gasteiger partial charge >= 0.3 is 0 Å². The van der Waals surface area contributed by atoms with E-state index < -0.39 is 0 Å². The normalized spacial score (nSPS) is 10.8. The molecule has 2 heterocycles. The number of nitrogens with two attached hydrogens (primary N) is 1. The van der Waals surface area contributed by atoms with Gasteiger partial charge in [-0.25, -0.2) is 9.97 Å². The van der Waals surface area contributed by atoms with Crippen molar-refractivity contribution in [1.29, 1.82) is 0 Å². The number of aryl methyl sites for hydroxylation is 1. The standard InChI is InChI=1S/C15H15N3OS/c1-10-14(20-9-17-10)6-7-19-15-5-2-11-8-12(16)3-4-13(11)18-15/h2-5,8-9H,6-7,16H2,1H3. The van der Waals surface area contributed by atoms with Crippen LogP contribution in [0.5, 0.6) is 5.88 Å². The Kier molecular flexibility index (Phi) is 3.52. The maximum atomic E-state index is 5.75. The Labute approximate surface area is 121 Å². The molecule has 0 bridgehead atoms. The Morgan fingerprint density at radius 2 is 2.15 bits per heavy atom. The topological polar surface area (TPSA) is 61.0 Å². The van der Waals surface area contributed by atoms with Gasteiger partial charge in [-0.2, -0.15) is 0 Å². The van der Waals surface area contributed by atoms with Crippen LogP contribution >= 0.6 is 11.3 Å². The number of fused-ring (bicyclic) bond motifs is 1. The molecule has 0 fully saturated rings. The number of anilines is 1. The fourth-order valence-electron chi connectivity index (χ4n) is 2.02. The van der Waals surface area contributed by atoms with E-state index in [0.29, 0.717) is 12.5 Å². The quantitative estimate of drug-likeness (QED) is 0.748. The van der Waals surface area contributed by atoms with Gasteiger partial charge in [-0.3, -0.25) is 0 Å². The molecule has 0 radical (unpaired) electrons. The highest BCUT2D eigenvalue weighted by molar-refractivity contribution is 7.09. The highest BCUT2D eigenvalue weighted by Crippen LogP contribution is 2.19. The Hall–Kier alpha value is -2.14. The van der Waals surface area contributed by atoms with E-state index in [1.165, 1.54) is 4.88 Å². The second-order valence-corrected chi connectivity index (χ2v) is 5.50. The number of ether oxygens (including phenoxy) is 1. The van der Waals surface area contributed by atoms with Crippen LogP contribution in [0.1, 0.15) is 10.6 Å². The van der Waals surface area contributed by atoms with Crippen LogP contribution < -0.4 is 10.5 Å². The molecule has 0 aliphatic carbocycles. The lowest BCUT2D eigenvalue weighted by Crippen LogP contribution is -2.02. The monoisotopic (exact) mass is 285 g/mol. The van der Waals surface area contributed by atoms with Crippen LogP contribution in [0.15, 0.2) is 35.8 Å². The summed E-state index contributed by atoms with van der Waals surface area (Å²) in [6.07, 6.45) is 0.859. The summed E-state index contributed by atoms with van der Waals surface area (Å²) in [5, 5.41) is 1.02. The van der Waals surface area contributed by atoms with Crippen LogP contribution in [0.2, 0.25) is 0 Å². The first-order valence-corrected chi connectivity index (χ1v) is 7.28. The summed E-state index contributed by atoms with van der Waals surface area (Å²) in [5.41, 5.74) is 10.3. The Morgan fingerprint density at radius 3 is 2.95 bits per heavy atom. The van der Waals surface area contributed by atoms with E-state index in [0.717, 1.165) is 28.7 Å². The molecule has 0 aliphatic rings. The lowest BCUT2D eigenvalue weighted by Gasteiger charge is -2.06. The third-order valence-corrected chi connectivity index (χ3v) is 4.11. The summed E-state index contributed by atoms with van der Waals surface area (Å²) in [4.78, 5) is 9.96. The molecule has 102 valence electrons. The summed E-state index contributed by atoms with van der Waals surface area (Å²) < 4.78 is 5.71. The molecule has 0 atom stereocenters. The average molecular weight is 285 g/mol. The van der Waals surface area contributed by atoms with Gasteiger partial charge in [0, 0.05) is 28.4 Å². The molecule has 3 rings (SSSR count). The number of benzene rings is 1. The largest absolute Gasteiger partial charge is 0.477 e. The number of nitrogens with zero attached hydrogens (tertiary/aromatic N) is 2. The van der Waals surface area contributed by atoms with E-state index in [1.54, 1.807) is 11.3 Å². The summed E-state index contributed by atoms with van der Waals surface area (Å²) in [7, 11) is 0. The zero-order valence-electron chi connectivity index (χ0n) is 11.2. The van der Waals surface area contributed by atoms with Crippen molar-refractivity contribution in [3.8, 4) is 5.88 Å². The first-order valence-electron chi connectivity index (χ1n) is 6.40. The van der Waals surface area contributed by atoms with Gasteiger partial charge in [-0.05, 0) is 31.2 Å². The van der Waals surface area contributed by atoms with Crippen molar-refractivity contribution < 1.29 is 4.74 Å². The highest BCUT2D eigenvalue weighted by Gasteiger charge is 2.03. The van der Waals surface area contributed by atoms with Crippen molar-refractivity contribution in [3.05, 3.63) is 46.4 Å². The van der Waals surface area contributed by atoms with Crippen LogP contribution in [0, 0.1) is 6.92 Å². The van der Waals surface area contributed by atoms with Crippen molar-refractivity contribution in [2.24, 2.45) is 0 Å². The van der Waals surface area contributed by atoms with Crippen molar-refractivity contribution in [3.63, 3.8) is 0 Å².